The Morgan fingerprint density at radius 3 is 2.06 bits per heavy atom. The lowest BCUT2D eigenvalue weighted by molar-refractivity contribution is -0.140. The van der Waals surface area contributed by atoms with Gasteiger partial charge >= 0.3 is 6.03 Å². The monoisotopic (exact) mass is 447 g/mol. The van der Waals surface area contributed by atoms with Crippen molar-refractivity contribution < 1.29 is 14.4 Å². The first-order valence-electron chi connectivity index (χ1n) is 12.6. The number of hydrogen-bond donors (Lipinski definition) is 1. The van der Waals surface area contributed by atoms with Crippen molar-refractivity contribution in [3.8, 4) is 0 Å². The second kappa shape index (κ2) is 11.3. The van der Waals surface area contributed by atoms with Gasteiger partial charge in [-0.15, -0.1) is 6.58 Å². The second-order valence-corrected chi connectivity index (χ2v) is 10.4. The molecule has 6 heteroatoms. The van der Waals surface area contributed by atoms with Crippen LogP contribution in [-0.2, 0) is 9.59 Å². The molecule has 0 aromatic rings. The predicted octanol–water partition coefficient (Wildman–Crippen LogP) is 4.93. The third-order valence-electron chi connectivity index (χ3n) is 8.30. The summed E-state index contributed by atoms with van der Waals surface area (Å²) < 4.78 is 0. The highest BCUT2D eigenvalue weighted by atomic mass is 16.2. The van der Waals surface area contributed by atoms with Crippen molar-refractivity contribution >= 4 is 17.7 Å². The summed E-state index contributed by atoms with van der Waals surface area (Å²) in [6, 6.07) is -0.971. The summed E-state index contributed by atoms with van der Waals surface area (Å²) in [7, 11) is 0. The molecular weight excluding hydrogens is 402 g/mol. The largest absolute Gasteiger partial charge is 0.338 e. The molecule has 6 nitrogen and oxygen atoms in total. The Kier molecular flexibility index (Phi) is 9.35. The van der Waals surface area contributed by atoms with Crippen LogP contribution in [0.5, 0.6) is 0 Å². The Bertz CT molecular complexity index is 688. The Balaban J connectivity index is 2.00. The number of carbonyl (C=O) groups excluding carboxylic acids is 3. The summed E-state index contributed by atoms with van der Waals surface area (Å²) in [5.41, 5.74) is -0.0192. The zero-order valence-corrected chi connectivity index (χ0v) is 21.0. The van der Waals surface area contributed by atoms with Gasteiger partial charge in [0.15, 0.2) is 5.78 Å². The summed E-state index contributed by atoms with van der Waals surface area (Å²) in [5, 5.41) is 3.01. The minimum Gasteiger partial charge on any atom is -0.338 e. The fourth-order valence-corrected chi connectivity index (χ4v) is 4.84. The Labute approximate surface area is 195 Å². The van der Waals surface area contributed by atoms with Gasteiger partial charge in [0.25, 0.3) is 0 Å². The van der Waals surface area contributed by atoms with Crippen molar-refractivity contribution in [3.63, 3.8) is 0 Å². The highest BCUT2D eigenvalue weighted by molar-refractivity contribution is 5.95. The summed E-state index contributed by atoms with van der Waals surface area (Å²) in [4.78, 5) is 42.9. The maximum absolute atomic E-state index is 13.5. The van der Waals surface area contributed by atoms with Crippen LogP contribution in [0.1, 0.15) is 92.4 Å². The summed E-state index contributed by atoms with van der Waals surface area (Å²) >= 11 is 0. The van der Waals surface area contributed by atoms with Gasteiger partial charge in [-0.1, -0.05) is 53.5 Å². The van der Waals surface area contributed by atoms with Crippen LogP contribution in [0, 0.1) is 10.8 Å². The van der Waals surface area contributed by atoms with E-state index in [1.807, 2.05) is 6.08 Å². The number of hydrogen-bond acceptors (Lipinski definition) is 3. The molecule has 0 bridgehead atoms. The molecular formula is C26H45N3O3. The van der Waals surface area contributed by atoms with E-state index in [0.29, 0.717) is 38.9 Å². The molecule has 0 aromatic heterocycles. The van der Waals surface area contributed by atoms with E-state index in [-0.39, 0.29) is 34.6 Å². The highest BCUT2D eigenvalue weighted by Crippen LogP contribution is 2.33. The number of nitrogens with zero attached hydrogens (tertiary/aromatic N) is 2. The van der Waals surface area contributed by atoms with Crippen molar-refractivity contribution in [1.29, 1.82) is 0 Å². The number of urea groups is 1. The van der Waals surface area contributed by atoms with Gasteiger partial charge in [-0.2, -0.15) is 0 Å². The SMILES string of the molecule is C=CC(C)(CC)CCNC(=O)N1CCCC1C(=O)C1CCCN1C(=O)CC(C)(CC)CC. The Morgan fingerprint density at radius 2 is 1.53 bits per heavy atom. The van der Waals surface area contributed by atoms with Crippen LogP contribution in [0.3, 0.4) is 0 Å². The molecule has 2 aliphatic rings. The summed E-state index contributed by atoms with van der Waals surface area (Å²) in [5.74, 6) is 0.131. The molecule has 0 aromatic carbocycles. The van der Waals surface area contributed by atoms with Gasteiger partial charge in [-0.25, -0.2) is 4.79 Å². The van der Waals surface area contributed by atoms with Crippen LogP contribution >= 0.6 is 0 Å². The number of ketones is 1. The van der Waals surface area contributed by atoms with Gasteiger partial charge in [-0.3, -0.25) is 9.59 Å². The molecule has 2 fully saturated rings. The van der Waals surface area contributed by atoms with E-state index in [4.69, 9.17) is 0 Å². The first kappa shape index (κ1) is 26.4. The van der Waals surface area contributed by atoms with Crippen molar-refractivity contribution in [2.45, 2.75) is 104 Å². The van der Waals surface area contributed by atoms with Gasteiger partial charge in [0, 0.05) is 26.1 Å². The molecule has 1 N–H and O–H groups in total. The maximum Gasteiger partial charge on any atom is 0.318 e. The van der Waals surface area contributed by atoms with Crippen LogP contribution < -0.4 is 5.32 Å². The molecule has 0 aliphatic carbocycles. The third-order valence-corrected chi connectivity index (χ3v) is 8.30. The Hall–Kier alpha value is -1.85. The molecule has 2 saturated heterocycles. The fraction of sp³-hybridized carbons (Fsp3) is 0.808. The minimum atomic E-state index is -0.422. The maximum atomic E-state index is 13.5. The second-order valence-electron chi connectivity index (χ2n) is 10.4. The molecule has 2 aliphatic heterocycles. The number of Topliss-reactive ketones (excluding diaryl/α,β-unsaturated/α-hetero) is 1. The van der Waals surface area contributed by atoms with E-state index in [9.17, 15) is 14.4 Å². The average Bonchev–Trinajstić information content (AvgIpc) is 3.48. The van der Waals surface area contributed by atoms with Crippen molar-refractivity contribution in [2.75, 3.05) is 19.6 Å². The van der Waals surface area contributed by atoms with Gasteiger partial charge in [0.1, 0.15) is 0 Å². The molecule has 3 unspecified atom stereocenters. The van der Waals surface area contributed by atoms with Crippen LogP contribution in [0.4, 0.5) is 4.79 Å². The van der Waals surface area contributed by atoms with Crippen molar-refractivity contribution in [2.24, 2.45) is 10.8 Å². The topological polar surface area (TPSA) is 69.7 Å². The van der Waals surface area contributed by atoms with E-state index in [1.165, 1.54) is 0 Å². The van der Waals surface area contributed by atoms with E-state index in [1.54, 1.807) is 9.80 Å². The first-order valence-corrected chi connectivity index (χ1v) is 12.6. The average molecular weight is 448 g/mol. The van der Waals surface area contributed by atoms with Crippen LogP contribution in [0.2, 0.25) is 0 Å². The number of rotatable bonds is 11. The van der Waals surface area contributed by atoms with E-state index >= 15 is 0 Å². The van der Waals surface area contributed by atoms with Crippen molar-refractivity contribution in [3.05, 3.63) is 12.7 Å². The molecule has 0 radical (unpaired) electrons. The molecule has 0 spiro atoms. The van der Waals surface area contributed by atoms with Crippen molar-refractivity contribution in [1.82, 2.24) is 15.1 Å². The van der Waals surface area contributed by atoms with E-state index in [2.05, 4.69) is 46.5 Å². The van der Waals surface area contributed by atoms with Gasteiger partial charge in [-0.05, 0) is 49.4 Å². The van der Waals surface area contributed by atoms with Gasteiger partial charge in [0.2, 0.25) is 5.91 Å². The standard InChI is InChI=1S/C26H45N3O3/c1-7-25(5,8-2)15-16-27-24(32)29-18-12-14-21(29)23(31)20-13-11-17-28(20)22(30)19-26(6,9-3)10-4/h7,20-21H,1,8-19H2,2-6H3,(H,27,32). The lowest BCUT2D eigenvalue weighted by Crippen LogP contribution is -2.52. The normalized spacial score (nSPS) is 23.2. The molecule has 0 saturated carbocycles. The third kappa shape index (κ3) is 6.14. The zero-order chi connectivity index (χ0) is 23.9. The zero-order valence-electron chi connectivity index (χ0n) is 21.0. The van der Waals surface area contributed by atoms with E-state index in [0.717, 1.165) is 38.5 Å². The molecule has 2 heterocycles. The number of amides is 3. The van der Waals surface area contributed by atoms with Gasteiger partial charge < -0.3 is 15.1 Å². The van der Waals surface area contributed by atoms with Gasteiger partial charge in [0.05, 0.1) is 12.1 Å². The van der Waals surface area contributed by atoms with E-state index < -0.39 is 6.04 Å². The predicted molar refractivity (Wildman–Crippen MR) is 129 cm³/mol. The molecule has 3 amide bonds. The lowest BCUT2D eigenvalue weighted by Gasteiger charge is -2.33. The number of likely N-dealkylation sites (tertiary alicyclic amines) is 2. The molecule has 3 atom stereocenters. The first-order chi connectivity index (χ1) is 15.1. The van der Waals surface area contributed by atoms with Crippen LogP contribution in [0.25, 0.3) is 0 Å². The minimum absolute atomic E-state index is 0.00367. The summed E-state index contributed by atoms with van der Waals surface area (Å²) in [6.45, 7) is 16.4. The number of nitrogens with one attached hydrogen (secondary N) is 1. The fourth-order valence-electron chi connectivity index (χ4n) is 4.84. The van der Waals surface area contributed by atoms with Crippen LogP contribution in [-0.4, -0.2) is 59.2 Å². The number of carbonyl (C=O) groups is 3. The quantitative estimate of drug-likeness (QED) is 0.457. The molecule has 32 heavy (non-hydrogen) atoms. The molecule has 2 rings (SSSR count). The molecule has 182 valence electrons. The smallest absolute Gasteiger partial charge is 0.318 e. The summed E-state index contributed by atoms with van der Waals surface area (Å²) in [6.07, 6.45) is 9.20. The Morgan fingerprint density at radius 1 is 0.969 bits per heavy atom. The highest BCUT2D eigenvalue weighted by Gasteiger charge is 2.43. The number of allylic oxidation sites excluding steroid dienone is 1. The van der Waals surface area contributed by atoms with Crippen LogP contribution in [0.15, 0.2) is 12.7 Å². The lowest BCUT2D eigenvalue weighted by atomic mass is 9.81.